The summed E-state index contributed by atoms with van der Waals surface area (Å²) >= 11 is 2.12. The Balaban J connectivity index is 3.04. The van der Waals surface area contributed by atoms with E-state index in [0.717, 1.165) is 16.5 Å². The largest absolute Gasteiger partial charge is 0.369 e. The van der Waals surface area contributed by atoms with Crippen molar-refractivity contribution in [1.82, 2.24) is 9.97 Å². The predicted molar refractivity (Wildman–Crippen MR) is 76.8 cm³/mol. The fraction of sp³-hybridized carbons (Fsp3) is 0.600. The fourth-order valence-electron chi connectivity index (χ4n) is 1.14. The molecule has 1 N–H and O–H groups in total. The number of nitrogens with one attached hydrogen (secondary N) is 1. The van der Waals surface area contributed by atoms with E-state index in [-0.39, 0.29) is 0 Å². The molecule has 1 atom stereocenters. The zero-order chi connectivity index (χ0) is 13.1. The molecule has 0 aliphatic carbocycles. The molecule has 0 saturated heterocycles. The summed E-state index contributed by atoms with van der Waals surface area (Å²) in [4.78, 5) is 8.34. The molecular formula is C10H16IN3O2S. The first kappa shape index (κ1) is 14.6. The molecule has 0 fully saturated rings. The van der Waals surface area contributed by atoms with E-state index in [4.69, 9.17) is 0 Å². The molecule has 1 rings (SSSR count). The maximum atomic E-state index is 11.4. The van der Waals surface area contributed by atoms with Crippen LogP contribution in [0.3, 0.4) is 0 Å². The molecule has 0 radical (unpaired) electrons. The van der Waals surface area contributed by atoms with E-state index in [0.29, 0.717) is 11.6 Å². The summed E-state index contributed by atoms with van der Waals surface area (Å²) in [5.41, 5.74) is 0. The molecule has 0 amide bonds. The van der Waals surface area contributed by atoms with Crippen molar-refractivity contribution in [2.45, 2.75) is 25.5 Å². The van der Waals surface area contributed by atoms with Gasteiger partial charge in [0.05, 0.1) is 3.57 Å². The number of sulfone groups is 1. The van der Waals surface area contributed by atoms with Gasteiger partial charge >= 0.3 is 0 Å². The highest BCUT2D eigenvalue weighted by Crippen LogP contribution is 2.21. The van der Waals surface area contributed by atoms with Crippen LogP contribution in [0.15, 0.2) is 6.20 Å². The third-order valence-electron chi connectivity index (χ3n) is 2.31. The summed E-state index contributed by atoms with van der Waals surface area (Å²) < 4.78 is 23.8. The first-order valence-corrected chi connectivity index (χ1v) is 8.34. The Bertz CT molecular complexity index is 490. The Labute approximate surface area is 115 Å². The smallest absolute Gasteiger partial charge is 0.157 e. The number of rotatable bonds is 5. The molecule has 1 aromatic rings. The van der Waals surface area contributed by atoms with E-state index >= 15 is 0 Å². The number of hydrogen-bond acceptors (Lipinski definition) is 5. The van der Waals surface area contributed by atoms with Crippen molar-refractivity contribution in [1.29, 1.82) is 0 Å². The lowest BCUT2D eigenvalue weighted by atomic mass is 10.4. The molecule has 96 valence electrons. The average molecular weight is 369 g/mol. The van der Waals surface area contributed by atoms with Gasteiger partial charge in [0.25, 0.3) is 0 Å². The number of halogens is 1. The van der Waals surface area contributed by atoms with Crippen LogP contribution < -0.4 is 5.32 Å². The minimum absolute atomic E-state index is 0.339. The van der Waals surface area contributed by atoms with Gasteiger partial charge in [-0.15, -0.1) is 0 Å². The van der Waals surface area contributed by atoms with Crippen molar-refractivity contribution in [3.05, 3.63) is 15.6 Å². The predicted octanol–water partition coefficient (Wildman–Crippen LogP) is 2.01. The number of anilines is 1. The second-order valence-corrected chi connectivity index (χ2v) is 7.35. The average Bonchev–Trinajstić information content (AvgIpc) is 2.26. The number of hydrogen-bond donors (Lipinski definition) is 1. The summed E-state index contributed by atoms with van der Waals surface area (Å²) in [5.74, 6) is 1.04. The van der Waals surface area contributed by atoms with E-state index in [9.17, 15) is 8.42 Å². The van der Waals surface area contributed by atoms with Crippen molar-refractivity contribution < 1.29 is 8.42 Å². The van der Waals surface area contributed by atoms with Crippen LogP contribution in [0.2, 0.25) is 0 Å². The minimum atomic E-state index is -3.16. The van der Waals surface area contributed by atoms with Gasteiger partial charge in [0, 0.05) is 19.0 Å². The van der Waals surface area contributed by atoms with E-state index in [2.05, 4.69) is 44.8 Å². The first-order chi connectivity index (χ1) is 7.86. The Morgan fingerprint density at radius 1 is 1.53 bits per heavy atom. The molecule has 7 heteroatoms. The molecule has 1 aromatic heterocycles. The van der Waals surface area contributed by atoms with Crippen molar-refractivity contribution >= 4 is 38.2 Å². The SMILES string of the molecule is CCCNc1nc(C(C)S(C)(=O)=O)ncc1I. The third-order valence-corrected chi connectivity index (χ3v) is 4.60. The van der Waals surface area contributed by atoms with Crippen LogP contribution in [0.5, 0.6) is 0 Å². The summed E-state index contributed by atoms with van der Waals surface area (Å²) in [5, 5.41) is 2.48. The van der Waals surface area contributed by atoms with Crippen LogP contribution in [0.25, 0.3) is 0 Å². The van der Waals surface area contributed by atoms with Crippen LogP contribution in [0, 0.1) is 3.57 Å². The van der Waals surface area contributed by atoms with Crippen molar-refractivity contribution in [2.24, 2.45) is 0 Å². The monoisotopic (exact) mass is 369 g/mol. The Morgan fingerprint density at radius 3 is 2.71 bits per heavy atom. The first-order valence-electron chi connectivity index (χ1n) is 5.31. The topological polar surface area (TPSA) is 72.0 Å². The number of nitrogens with zero attached hydrogens (tertiary/aromatic N) is 2. The summed E-state index contributed by atoms with van der Waals surface area (Å²) in [7, 11) is -3.16. The van der Waals surface area contributed by atoms with Gasteiger partial charge in [-0.05, 0) is 35.9 Å². The van der Waals surface area contributed by atoms with Crippen LogP contribution in [-0.2, 0) is 9.84 Å². The van der Waals surface area contributed by atoms with E-state index in [1.54, 1.807) is 13.1 Å². The highest BCUT2D eigenvalue weighted by atomic mass is 127. The molecule has 0 saturated carbocycles. The Kier molecular flexibility index (Phi) is 5.11. The lowest BCUT2D eigenvalue weighted by Gasteiger charge is -2.11. The van der Waals surface area contributed by atoms with Crippen LogP contribution in [-0.4, -0.2) is 31.2 Å². The van der Waals surface area contributed by atoms with Crippen molar-refractivity contribution in [3.8, 4) is 0 Å². The summed E-state index contributed by atoms with van der Waals surface area (Å²) in [6.07, 6.45) is 3.82. The van der Waals surface area contributed by atoms with Gasteiger partial charge in [-0.25, -0.2) is 18.4 Å². The van der Waals surface area contributed by atoms with Crippen molar-refractivity contribution in [3.63, 3.8) is 0 Å². The van der Waals surface area contributed by atoms with Gasteiger partial charge in [-0.3, -0.25) is 0 Å². The molecule has 0 bridgehead atoms. The molecule has 1 heterocycles. The normalized spacial score (nSPS) is 13.4. The second-order valence-electron chi connectivity index (χ2n) is 3.82. The molecule has 0 aliphatic heterocycles. The minimum Gasteiger partial charge on any atom is -0.369 e. The molecule has 17 heavy (non-hydrogen) atoms. The van der Waals surface area contributed by atoms with Crippen LogP contribution in [0.4, 0.5) is 5.82 Å². The quantitative estimate of drug-likeness (QED) is 0.804. The molecule has 0 aromatic carbocycles. The molecule has 1 unspecified atom stereocenters. The summed E-state index contributed by atoms with van der Waals surface area (Å²) in [6, 6.07) is 0. The maximum Gasteiger partial charge on any atom is 0.157 e. The zero-order valence-electron chi connectivity index (χ0n) is 10.1. The van der Waals surface area contributed by atoms with Gasteiger partial charge in [0.1, 0.15) is 16.9 Å². The van der Waals surface area contributed by atoms with E-state index in [1.165, 1.54) is 6.26 Å². The lowest BCUT2D eigenvalue weighted by molar-refractivity contribution is 0.589. The third kappa shape index (κ3) is 4.06. The molecule has 0 spiro atoms. The van der Waals surface area contributed by atoms with Crippen LogP contribution in [0.1, 0.15) is 31.3 Å². The lowest BCUT2D eigenvalue weighted by Crippen LogP contribution is -2.14. The van der Waals surface area contributed by atoms with E-state index < -0.39 is 15.1 Å². The van der Waals surface area contributed by atoms with Crippen LogP contribution >= 0.6 is 22.6 Å². The Hall–Kier alpha value is -0.440. The standard InChI is InChI=1S/C10H16IN3O2S/c1-4-5-12-10-8(11)6-13-9(14-10)7(2)17(3,15)16/h6-7H,4-5H2,1-3H3,(H,12,13,14). The second kappa shape index (κ2) is 5.94. The molecule has 5 nitrogen and oxygen atoms in total. The van der Waals surface area contributed by atoms with Gasteiger partial charge in [-0.1, -0.05) is 6.92 Å². The summed E-state index contributed by atoms with van der Waals surface area (Å²) in [6.45, 7) is 4.46. The fourth-order valence-corrected chi connectivity index (χ4v) is 2.08. The maximum absolute atomic E-state index is 11.4. The van der Waals surface area contributed by atoms with Gasteiger partial charge < -0.3 is 5.32 Å². The highest BCUT2D eigenvalue weighted by molar-refractivity contribution is 14.1. The Morgan fingerprint density at radius 2 is 2.18 bits per heavy atom. The van der Waals surface area contributed by atoms with Gasteiger partial charge in [0.2, 0.25) is 0 Å². The molecular weight excluding hydrogens is 353 g/mol. The number of aromatic nitrogens is 2. The van der Waals surface area contributed by atoms with Crippen molar-refractivity contribution in [2.75, 3.05) is 18.1 Å². The zero-order valence-corrected chi connectivity index (χ0v) is 13.0. The van der Waals surface area contributed by atoms with E-state index in [1.807, 2.05) is 0 Å². The highest BCUT2D eigenvalue weighted by Gasteiger charge is 2.21. The van der Waals surface area contributed by atoms with Gasteiger partial charge in [0.15, 0.2) is 9.84 Å². The van der Waals surface area contributed by atoms with Gasteiger partial charge in [-0.2, -0.15) is 0 Å². The molecule has 0 aliphatic rings.